The zero-order valence-electron chi connectivity index (χ0n) is 10.2. The first-order chi connectivity index (χ1) is 9.24. The number of fused-ring (bicyclic) bond motifs is 1. The van der Waals surface area contributed by atoms with Gasteiger partial charge in [0.2, 0.25) is 0 Å². The molecule has 0 saturated carbocycles. The Morgan fingerprint density at radius 2 is 2.32 bits per heavy atom. The van der Waals surface area contributed by atoms with E-state index in [1.165, 1.54) is 5.56 Å². The van der Waals surface area contributed by atoms with Gasteiger partial charge < -0.3 is 9.84 Å². The van der Waals surface area contributed by atoms with Crippen molar-refractivity contribution in [3.8, 4) is 5.75 Å². The number of aliphatic carboxylic acids is 1. The summed E-state index contributed by atoms with van der Waals surface area (Å²) in [6.07, 6.45) is 0.613. The predicted octanol–water partition coefficient (Wildman–Crippen LogP) is 2.68. The van der Waals surface area contributed by atoms with E-state index in [0.717, 1.165) is 16.5 Å². The second kappa shape index (κ2) is 5.01. The van der Waals surface area contributed by atoms with Gasteiger partial charge in [0, 0.05) is 17.4 Å². The van der Waals surface area contributed by atoms with Gasteiger partial charge >= 0.3 is 5.97 Å². The lowest BCUT2D eigenvalue weighted by molar-refractivity contribution is -0.136. The van der Waals surface area contributed by atoms with Gasteiger partial charge in [-0.1, -0.05) is 18.2 Å². The second-order valence-electron chi connectivity index (χ2n) is 4.47. The molecule has 1 aliphatic rings. The Hall–Kier alpha value is -1.88. The first kappa shape index (κ1) is 12.2. The lowest BCUT2D eigenvalue weighted by Crippen LogP contribution is -2.03. The number of rotatable bonds is 4. The van der Waals surface area contributed by atoms with Crippen LogP contribution in [0.3, 0.4) is 0 Å². The summed E-state index contributed by atoms with van der Waals surface area (Å²) in [4.78, 5) is 15.1. The Bertz CT molecular complexity index is 608. The highest BCUT2D eigenvalue weighted by Gasteiger charge is 2.27. The molecule has 1 aliphatic heterocycles. The molecule has 0 fully saturated rings. The first-order valence-corrected chi connectivity index (χ1v) is 7.00. The number of thiazole rings is 1. The van der Waals surface area contributed by atoms with E-state index >= 15 is 0 Å². The molecule has 98 valence electrons. The van der Waals surface area contributed by atoms with Crippen molar-refractivity contribution >= 4 is 17.3 Å². The van der Waals surface area contributed by atoms with E-state index in [9.17, 15) is 4.79 Å². The molecule has 0 aliphatic carbocycles. The molecular formula is C14H13NO3S. The maximum Gasteiger partial charge on any atom is 0.303 e. The SMILES string of the molecule is O=C(O)CCc1csc(C2COc3ccccc32)n1. The van der Waals surface area contributed by atoms with Gasteiger partial charge in [-0.3, -0.25) is 4.79 Å². The fourth-order valence-electron chi connectivity index (χ4n) is 2.20. The molecule has 0 saturated heterocycles. The molecule has 5 heteroatoms. The lowest BCUT2D eigenvalue weighted by Gasteiger charge is -2.03. The van der Waals surface area contributed by atoms with Crippen LogP contribution in [0.4, 0.5) is 0 Å². The van der Waals surface area contributed by atoms with Crippen LogP contribution in [0.5, 0.6) is 5.75 Å². The van der Waals surface area contributed by atoms with Gasteiger partial charge in [-0.25, -0.2) is 4.98 Å². The van der Waals surface area contributed by atoms with Crippen molar-refractivity contribution in [1.82, 2.24) is 4.98 Å². The summed E-state index contributed by atoms with van der Waals surface area (Å²) in [5.41, 5.74) is 2.02. The highest BCUT2D eigenvalue weighted by molar-refractivity contribution is 7.09. The standard InChI is InChI=1S/C14H13NO3S/c16-13(17)6-5-9-8-19-14(15-9)11-7-18-12-4-2-1-3-10(11)12/h1-4,8,11H,5-7H2,(H,16,17). The predicted molar refractivity (Wildman–Crippen MR) is 71.9 cm³/mol. The molecule has 0 bridgehead atoms. The van der Waals surface area contributed by atoms with Crippen LogP contribution in [0.25, 0.3) is 0 Å². The summed E-state index contributed by atoms with van der Waals surface area (Å²) in [6, 6.07) is 7.99. The largest absolute Gasteiger partial charge is 0.492 e. The number of aromatic nitrogens is 1. The van der Waals surface area contributed by atoms with Crippen molar-refractivity contribution in [2.75, 3.05) is 6.61 Å². The van der Waals surface area contributed by atoms with Crippen LogP contribution in [0.2, 0.25) is 0 Å². The van der Waals surface area contributed by atoms with E-state index in [0.29, 0.717) is 13.0 Å². The van der Waals surface area contributed by atoms with Crippen molar-refractivity contribution in [2.45, 2.75) is 18.8 Å². The van der Waals surface area contributed by atoms with Gasteiger partial charge in [0.15, 0.2) is 0 Å². The first-order valence-electron chi connectivity index (χ1n) is 6.12. The summed E-state index contributed by atoms with van der Waals surface area (Å²) in [6.45, 7) is 0.616. The van der Waals surface area contributed by atoms with Crippen LogP contribution >= 0.6 is 11.3 Å². The van der Waals surface area contributed by atoms with E-state index in [4.69, 9.17) is 9.84 Å². The Kier molecular flexibility index (Phi) is 3.21. The molecule has 2 aromatic rings. The average molecular weight is 275 g/mol. The maximum atomic E-state index is 10.6. The van der Waals surface area contributed by atoms with Crippen LogP contribution in [0, 0.1) is 0 Å². The molecule has 2 heterocycles. The monoisotopic (exact) mass is 275 g/mol. The molecule has 1 unspecified atom stereocenters. The third kappa shape index (κ3) is 2.46. The van der Waals surface area contributed by atoms with Crippen LogP contribution in [-0.2, 0) is 11.2 Å². The fourth-order valence-corrected chi connectivity index (χ4v) is 3.16. The van der Waals surface area contributed by atoms with Crippen molar-refractivity contribution in [3.05, 3.63) is 45.9 Å². The number of hydrogen-bond donors (Lipinski definition) is 1. The van der Waals surface area contributed by atoms with Gasteiger partial charge in [-0.2, -0.15) is 0 Å². The van der Waals surface area contributed by atoms with Crippen molar-refractivity contribution in [1.29, 1.82) is 0 Å². The third-order valence-electron chi connectivity index (χ3n) is 3.16. The number of carboxylic acids is 1. The average Bonchev–Trinajstić information content (AvgIpc) is 3.02. The second-order valence-corrected chi connectivity index (χ2v) is 5.36. The molecule has 4 nitrogen and oxygen atoms in total. The van der Waals surface area contributed by atoms with Crippen LogP contribution in [0.15, 0.2) is 29.6 Å². The van der Waals surface area contributed by atoms with Crippen molar-refractivity contribution in [2.24, 2.45) is 0 Å². The number of para-hydroxylation sites is 1. The fraction of sp³-hybridized carbons (Fsp3) is 0.286. The summed E-state index contributed by atoms with van der Waals surface area (Å²) in [5, 5.41) is 11.6. The van der Waals surface area contributed by atoms with Gasteiger partial charge in [0.25, 0.3) is 0 Å². The molecule has 1 aromatic carbocycles. The molecule has 3 rings (SSSR count). The lowest BCUT2D eigenvalue weighted by atomic mass is 10.0. The molecule has 1 N–H and O–H groups in total. The number of hydrogen-bond acceptors (Lipinski definition) is 4. The Balaban J connectivity index is 1.79. The molecule has 1 aromatic heterocycles. The van der Waals surface area contributed by atoms with E-state index < -0.39 is 5.97 Å². The minimum atomic E-state index is -0.788. The molecule has 0 radical (unpaired) electrons. The molecular weight excluding hydrogens is 262 g/mol. The highest BCUT2D eigenvalue weighted by atomic mass is 32.1. The van der Waals surface area contributed by atoms with Crippen molar-refractivity contribution < 1.29 is 14.6 Å². The van der Waals surface area contributed by atoms with E-state index in [1.54, 1.807) is 11.3 Å². The zero-order valence-corrected chi connectivity index (χ0v) is 11.0. The normalized spacial score (nSPS) is 16.9. The van der Waals surface area contributed by atoms with E-state index in [1.807, 2.05) is 23.6 Å². The summed E-state index contributed by atoms with van der Waals surface area (Å²) in [7, 11) is 0. The van der Waals surface area contributed by atoms with Crippen molar-refractivity contribution in [3.63, 3.8) is 0 Å². The zero-order chi connectivity index (χ0) is 13.2. The third-order valence-corrected chi connectivity index (χ3v) is 4.17. The van der Waals surface area contributed by atoms with Crippen LogP contribution in [-0.4, -0.2) is 22.7 Å². The Morgan fingerprint density at radius 3 is 3.16 bits per heavy atom. The minimum absolute atomic E-state index is 0.126. The number of nitrogens with zero attached hydrogens (tertiary/aromatic N) is 1. The van der Waals surface area contributed by atoms with Crippen LogP contribution in [0.1, 0.15) is 28.6 Å². The highest BCUT2D eigenvalue weighted by Crippen LogP contribution is 2.38. The Morgan fingerprint density at radius 1 is 1.47 bits per heavy atom. The van der Waals surface area contributed by atoms with E-state index in [2.05, 4.69) is 11.1 Å². The van der Waals surface area contributed by atoms with Gasteiger partial charge in [-0.15, -0.1) is 11.3 Å². The summed E-state index contributed by atoms with van der Waals surface area (Å²) >= 11 is 1.58. The number of benzene rings is 1. The van der Waals surface area contributed by atoms with E-state index in [-0.39, 0.29) is 12.3 Å². The summed E-state index contributed by atoms with van der Waals surface area (Å²) < 4.78 is 5.65. The van der Waals surface area contributed by atoms with Gasteiger partial charge in [-0.05, 0) is 6.07 Å². The quantitative estimate of drug-likeness (QED) is 0.932. The number of aryl methyl sites for hydroxylation is 1. The summed E-state index contributed by atoms with van der Waals surface area (Å²) in [5.74, 6) is 0.318. The molecule has 0 amide bonds. The number of carbonyl (C=O) groups is 1. The molecule has 0 spiro atoms. The smallest absolute Gasteiger partial charge is 0.303 e. The van der Waals surface area contributed by atoms with Gasteiger partial charge in [0.1, 0.15) is 17.4 Å². The minimum Gasteiger partial charge on any atom is -0.492 e. The maximum absolute atomic E-state index is 10.6. The molecule has 19 heavy (non-hydrogen) atoms. The number of carboxylic acid groups (broad SMARTS) is 1. The van der Waals surface area contributed by atoms with Crippen LogP contribution < -0.4 is 4.74 Å². The molecule has 1 atom stereocenters. The Labute approximate surface area is 114 Å². The van der Waals surface area contributed by atoms with Gasteiger partial charge in [0.05, 0.1) is 18.0 Å². The number of ether oxygens (including phenoxy) is 1. The topological polar surface area (TPSA) is 59.4 Å².